The first kappa shape index (κ1) is 11.2. The molecule has 4 heteroatoms. The Morgan fingerprint density at radius 1 is 1.36 bits per heavy atom. The Bertz CT molecular complexity index is 316. The van der Waals surface area contributed by atoms with Crippen molar-refractivity contribution < 1.29 is 13.6 Å². The number of benzene rings is 1. The minimum atomic E-state index is -0.662. The molecule has 0 aliphatic heterocycles. The van der Waals surface area contributed by atoms with Crippen molar-refractivity contribution >= 4 is 18.0 Å². The van der Waals surface area contributed by atoms with E-state index < -0.39 is 11.6 Å². The van der Waals surface area contributed by atoms with E-state index >= 15 is 0 Å². The fraction of sp³-hybridized carbons (Fsp3) is 0.300. The Hall–Kier alpha value is -0.900. The average Bonchev–Trinajstić information content (AvgIpc) is 2.16. The summed E-state index contributed by atoms with van der Waals surface area (Å²) in [5.41, 5.74) is 0.0286. The molecule has 0 saturated carbocycles. The quantitative estimate of drug-likeness (QED) is 0.567. The second kappa shape index (κ2) is 5.10. The monoisotopic (exact) mass is 216 g/mol. The zero-order chi connectivity index (χ0) is 10.6. The number of halogens is 2. The Labute approximate surface area is 85.5 Å². The van der Waals surface area contributed by atoms with Crippen LogP contribution >= 0.6 is 11.8 Å². The van der Waals surface area contributed by atoms with Gasteiger partial charge in [0.1, 0.15) is 17.9 Å². The maximum absolute atomic E-state index is 13.2. The normalized spacial score (nSPS) is 10.2. The van der Waals surface area contributed by atoms with Crippen molar-refractivity contribution in [3.63, 3.8) is 0 Å². The lowest BCUT2D eigenvalue weighted by atomic mass is 10.2. The molecule has 0 aromatic heterocycles. The molecule has 0 aliphatic carbocycles. The summed E-state index contributed by atoms with van der Waals surface area (Å²) in [6.45, 7) is 1.93. The number of carbonyl (C=O) groups excluding carboxylic acids is 1. The first-order chi connectivity index (χ1) is 6.69. The molecule has 1 nitrogen and oxygen atoms in total. The molecular formula is C10H10F2OS. The number of hydrogen-bond donors (Lipinski definition) is 0. The third-order valence-corrected chi connectivity index (χ3v) is 2.90. The van der Waals surface area contributed by atoms with Crippen LogP contribution in [-0.4, -0.2) is 12.0 Å². The van der Waals surface area contributed by atoms with Gasteiger partial charge in [0.05, 0.1) is 4.90 Å². The SMILES string of the molecule is CCCSc1c(F)cc(C=O)cc1F. The summed E-state index contributed by atoms with van der Waals surface area (Å²) in [6, 6.07) is 2.10. The van der Waals surface area contributed by atoms with Crippen molar-refractivity contribution in [1.29, 1.82) is 0 Å². The average molecular weight is 216 g/mol. The lowest BCUT2D eigenvalue weighted by Gasteiger charge is -2.04. The molecule has 1 rings (SSSR count). The topological polar surface area (TPSA) is 17.1 Å². The molecule has 0 bridgehead atoms. The summed E-state index contributed by atoms with van der Waals surface area (Å²) in [7, 11) is 0. The summed E-state index contributed by atoms with van der Waals surface area (Å²) >= 11 is 1.13. The van der Waals surface area contributed by atoms with E-state index in [1.54, 1.807) is 0 Å². The molecule has 0 spiro atoms. The van der Waals surface area contributed by atoms with Crippen molar-refractivity contribution in [1.82, 2.24) is 0 Å². The molecule has 1 aromatic carbocycles. The fourth-order valence-electron chi connectivity index (χ4n) is 0.990. The van der Waals surface area contributed by atoms with E-state index in [1.807, 2.05) is 6.92 Å². The highest BCUT2D eigenvalue weighted by atomic mass is 32.2. The van der Waals surface area contributed by atoms with Gasteiger partial charge in [-0.25, -0.2) is 8.78 Å². The maximum Gasteiger partial charge on any atom is 0.150 e. The summed E-state index contributed by atoms with van der Waals surface area (Å²) in [5.74, 6) is -0.662. The fourth-order valence-corrected chi connectivity index (χ4v) is 1.79. The van der Waals surface area contributed by atoms with Gasteiger partial charge in [-0.05, 0) is 24.3 Å². The van der Waals surface area contributed by atoms with Crippen molar-refractivity contribution in [3.8, 4) is 0 Å². The van der Waals surface area contributed by atoms with E-state index in [1.165, 1.54) is 0 Å². The Morgan fingerprint density at radius 2 is 1.93 bits per heavy atom. The minimum Gasteiger partial charge on any atom is -0.298 e. The molecule has 0 fully saturated rings. The van der Waals surface area contributed by atoms with Crippen molar-refractivity contribution in [2.45, 2.75) is 18.2 Å². The molecule has 0 atom stereocenters. The standard InChI is InChI=1S/C10H10F2OS/c1-2-3-14-10-8(11)4-7(6-13)5-9(10)12/h4-6H,2-3H2,1H3. The summed E-state index contributed by atoms with van der Waals surface area (Å²) in [6.07, 6.45) is 1.28. The highest BCUT2D eigenvalue weighted by Crippen LogP contribution is 2.26. The van der Waals surface area contributed by atoms with Gasteiger partial charge in [0.2, 0.25) is 0 Å². The molecule has 0 amide bonds. The number of carbonyl (C=O) groups is 1. The van der Waals surface area contributed by atoms with Crippen LogP contribution in [0.3, 0.4) is 0 Å². The highest BCUT2D eigenvalue weighted by Gasteiger charge is 2.10. The molecule has 0 heterocycles. The van der Waals surface area contributed by atoms with E-state index in [4.69, 9.17) is 0 Å². The van der Waals surface area contributed by atoms with Gasteiger partial charge < -0.3 is 0 Å². The van der Waals surface area contributed by atoms with Gasteiger partial charge in [-0.15, -0.1) is 11.8 Å². The van der Waals surface area contributed by atoms with Crippen LogP contribution < -0.4 is 0 Å². The van der Waals surface area contributed by atoms with Gasteiger partial charge in [0.15, 0.2) is 0 Å². The smallest absolute Gasteiger partial charge is 0.150 e. The van der Waals surface area contributed by atoms with E-state index in [0.29, 0.717) is 12.0 Å². The van der Waals surface area contributed by atoms with Crippen molar-refractivity contribution in [2.75, 3.05) is 5.75 Å². The van der Waals surface area contributed by atoms with Crippen LogP contribution in [0, 0.1) is 11.6 Å². The Morgan fingerprint density at radius 3 is 2.36 bits per heavy atom. The van der Waals surface area contributed by atoms with Crippen molar-refractivity contribution in [2.24, 2.45) is 0 Å². The second-order valence-electron chi connectivity index (χ2n) is 2.78. The molecule has 0 unspecified atom stereocenters. The molecule has 14 heavy (non-hydrogen) atoms. The van der Waals surface area contributed by atoms with Crippen LogP contribution in [0.15, 0.2) is 17.0 Å². The predicted octanol–water partition coefficient (Wildman–Crippen LogP) is 3.28. The number of rotatable bonds is 4. The van der Waals surface area contributed by atoms with E-state index in [-0.39, 0.29) is 10.5 Å². The Balaban J connectivity index is 2.99. The van der Waals surface area contributed by atoms with Gasteiger partial charge >= 0.3 is 0 Å². The molecule has 76 valence electrons. The lowest BCUT2D eigenvalue weighted by molar-refractivity contribution is 0.112. The number of hydrogen-bond acceptors (Lipinski definition) is 2. The second-order valence-corrected chi connectivity index (χ2v) is 3.89. The van der Waals surface area contributed by atoms with E-state index in [9.17, 15) is 13.6 Å². The largest absolute Gasteiger partial charge is 0.298 e. The number of thioether (sulfide) groups is 1. The molecule has 0 N–H and O–H groups in total. The Kier molecular flexibility index (Phi) is 4.07. The minimum absolute atomic E-state index is 0.00236. The third kappa shape index (κ3) is 2.54. The van der Waals surface area contributed by atoms with Gasteiger partial charge in [-0.3, -0.25) is 4.79 Å². The maximum atomic E-state index is 13.2. The van der Waals surface area contributed by atoms with Gasteiger partial charge in [-0.2, -0.15) is 0 Å². The third-order valence-electron chi connectivity index (χ3n) is 1.61. The number of aldehydes is 1. The van der Waals surface area contributed by atoms with Crippen LogP contribution in [-0.2, 0) is 0 Å². The van der Waals surface area contributed by atoms with Gasteiger partial charge in [-0.1, -0.05) is 6.92 Å². The first-order valence-corrected chi connectivity index (χ1v) is 5.24. The van der Waals surface area contributed by atoms with Crippen molar-refractivity contribution in [3.05, 3.63) is 29.3 Å². The van der Waals surface area contributed by atoms with Crippen LogP contribution in [0.1, 0.15) is 23.7 Å². The molecule has 0 aliphatic rings. The van der Waals surface area contributed by atoms with E-state index in [2.05, 4.69) is 0 Å². The highest BCUT2D eigenvalue weighted by molar-refractivity contribution is 7.99. The molecule has 0 saturated heterocycles. The van der Waals surface area contributed by atoms with Gasteiger partial charge in [0, 0.05) is 5.56 Å². The zero-order valence-corrected chi connectivity index (χ0v) is 8.54. The van der Waals surface area contributed by atoms with E-state index in [0.717, 1.165) is 30.3 Å². The van der Waals surface area contributed by atoms with Crippen LogP contribution in [0.4, 0.5) is 8.78 Å². The molecule has 0 radical (unpaired) electrons. The van der Waals surface area contributed by atoms with Crippen LogP contribution in [0.25, 0.3) is 0 Å². The van der Waals surface area contributed by atoms with Crippen LogP contribution in [0.5, 0.6) is 0 Å². The lowest BCUT2D eigenvalue weighted by Crippen LogP contribution is -1.92. The summed E-state index contributed by atoms with van der Waals surface area (Å²) in [4.78, 5) is 10.3. The van der Waals surface area contributed by atoms with Crippen LogP contribution in [0.2, 0.25) is 0 Å². The molecular weight excluding hydrogens is 206 g/mol. The predicted molar refractivity (Wildman–Crippen MR) is 52.8 cm³/mol. The zero-order valence-electron chi connectivity index (χ0n) is 7.72. The van der Waals surface area contributed by atoms with Gasteiger partial charge in [0.25, 0.3) is 0 Å². The summed E-state index contributed by atoms with van der Waals surface area (Å²) < 4.78 is 26.4. The first-order valence-electron chi connectivity index (χ1n) is 4.26. The summed E-state index contributed by atoms with van der Waals surface area (Å²) in [5, 5.41) is 0. The molecule has 1 aromatic rings.